The summed E-state index contributed by atoms with van der Waals surface area (Å²) < 4.78 is 0. The maximum Gasteiger partial charge on any atom is 0.452 e. The fraction of sp³-hybridized carbons (Fsp3) is 0.778. The molecule has 0 bridgehead atoms. The van der Waals surface area contributed by atoms with Crippen LogP contribution in [0.1, 0.15) is 20.8 Å². The number of rotatable bonds is 3. The van der Waals surface area contributed by atoms with Crippen LogP contribution in [0.5, 0.6) is 0 Å². The van der Waals surface area contributed by atoms with E-state index in [2.05, 4.69) is 15.3 Å². The highest BCUT2D eigenvalue weighted by atomic mass is 32.2. The lowest BCUT2D eigenvalue weighted by atomic mass is 9.91. The number of carbonyl (C=O) groups is 1. The van der Waals surface area contributed by atoms with E-state index in [0.717, 1.165) is 11.5 Å². The van der Waals surface area contributed by atoms with Crippen molar-refractivity contribution < 1.29 is 9.63 Å². The molecule has 0 aromatic heterocycles. The van der Waals surface area contributed by atoms with Crippen molar-refractivity contribution in [1.29, 1.82) is 0 Å². The minimum absolute atomic E-state index is 0.101. The van der Waals surface area contributed by atoms with Gasteiger partial charge in [0, 0.05) is 23.9 Å². The minimum Gasteiger partial charge on any atom is -0.353 e. The molecule has 0 radical (unpaired) electrons. The monoisotopic (exact) mass is 218 g/mol. The van der Waals surface area contributed by atoms with E-state index in [1.54, 1.807) is 11.8 Å². The zero-order valence-electron chi connectivity index (χ0n) is 9.38. The van der Waals surface area contributed by atoms with Gasteiger partial charge in [-0.2, -0.15) is 22.2 Å². The van der Waals surface area contributed by atoms with E-state index in [9.17, 15) is 4.79 Å². The molecular formula is C9H18N2O2S. The summed E-state index contributed by atoms with van der Waals surface area (Å²) in [5.41, 5.74) is 3.04. The van der Waals surface area contributed by atoms with E-state index in [-0.39, 0.29) is 5.41 Å². The molecule has 82 valence electrons. The molecule has 0 fully saturated rings. The standard InChI is InChI=1S/C9H18N2O2S/c1-9(2,3)7(6-14-5)11-8(12)13-10-4/h10H,6H2,1-5H3. The molecule has 0 rings (SSSR count). The van der Waals surface area contributed by atoms with E-state index in [1.807, 2.05) is 27.0 Å². The Kier molecular flexibility index (Phi) is 5.79. The summed E-state index contributed by atoms with van der Waals surface area (Å²) in [7, 11) is 1.53. The number of hydrogen-bond acceptors (Lipinski definition) is 4. The summed E-state index contributed by atoms with van der Waals surface area (Å²) in [4.78, 5) is 19.5. The molecule has 1 amide bonds. The SMILES string of the molecule is CNOC(=O)N=C(CSC)C(C)(C)C. The number of carbonyl (C=O) groups excluding carboxylic acids is 1. The van der Waals surface area contributed by atoms with Crippen LogP contribution in [-0.4, -0.2) is 30.9 Å². The van der Waals surface area contributed by atoms with Crippen LogP contribution in [0.2, 0.25) is 0 Å². The first-order valence-electron chi connectivity index (χ1n) is 4.36. The van der Waals surface area contributed by atoms with Gasteiger partial charge in [0.15, 0.2) is 0 Å². The Hall–Kier alpha value is -0.550. The predicted molar refractivity (Wildman–Crippen MR) is 60.8 cm³/mol. The van der Waals surface area contributed by atoms with Gasteiger partial charge in [-0.25, -0.2) is 4.79 Å². The van der Waals surface area contributed by atoms with Crippen LogP contribution in [0.4, 0.5) is 4.79 Å². The van der Waals surface area contributed by atoms with Gasteiger partial charge in [0.25, 0.3) is 0 Å². The van der Waals surface area contributed by atoms with Crippen molar-refractivity contribution in [3.05, 3.63) is 0 Å². The average molecular weight is 218 g/mol. The quantitative estimate of drug-likeness (QED) is 0.582. The highest BCUT2D eigenvalue weighted by molar-refractivity contribution is 7.99. The van der Waals surface area contributed by atoms with Gasteiger partial charge in [-0.3, -0.25) is 0 Å². The van der Waals surface area contributed by atoms with Gasteiger partial charge in [0.2, 0.25) is 0 Å². The fourth-order valence-electron chi connectivity index (χ4n) is 0.774. The van der Waals surface area contributed by atoms with Gasteiger partial charge in [-0.1, -0.05) is 20.8 Å². The number of thioether (sulfide) groups is 1. The molecule has 4 nitrogen and oxygen atoms in total. The van der Waals surface area contributed by atoms with E-state index in [4.69, 9.17) is 0 Å². The molecule has 0 aromatic carbocycles. The van der Waals surface area contributed by atoms with Crippen LogP contribution in [-0.2, 0) is 4.84 Å². The summed E-state index contributed by atoms with van der Waals surface area (Å²) in [5, 5.41) is 0. The van der Waals surface area contributed by atoms with Crippen LogP contribution in [0.3, 0.4) is 0 Å². The topological polar surface area (TPSA) is 50.7 Å². The Balaban J connectivity index is 4.56. The average Bonchev–Trinajstić information content (AvgIpc) is 2.02. The molecule has 0 aliphatic heterocycles. The molecule has 14 heavy (non-hydrogen) atoms. The van der Waals surface area contributed by atoms with E-state index in [1.165, 1.54) is 7.05 Å². The highest BCUT2D eigenvalue weighted by Gasteiger charge is 2.19. The summed E-state index contributed by atoms with van der Waals surface area (Å²) >= 11 is 1.64. The molecule has 0 aliphatic carbocycles. The third-order valence-corrected chi connectivity index (χ3v) is 2.12. The largest absolute Gasteiger partial charge is 0.452 e. The van der Waals surface area contributed by atoms with Crippen LogP contribution < -0.4 is 5.48 Å². The summed E-state index contributed by atoms with van der Waals surface area (Å²) in [6.45, 7) is 6.07. The van der Waals surface area contributed by atoms with Crippen molar-refractivity contribution in [2.45, 2.75) is 20.8 Å². The first-order valence-corrected chi connectivity index (χ1v) is 5.75. The number of hydroxylamine groups is 1. The number of hydrogen-bond donors (Lipinski definition) is 1. The smallest absolute Gasteiger partial charge is 0.353 e. The Morgan fingerprint density at radius 1 is 1.50 bits per heavy atom. The van der Waals surface area contributed by atoms with E-state index in [0.29, 0.717) is 0 Å². The van der Waals surface area contributed by atoms with Crippen molar-refractivity contribution in [3.8, 4) is 0 Å². The molecule has 0 saturated carbocycles. The van der Waals surface area contributed by atoms with E-state index < -0.39 is 6.09 Å². The molecule has 0 spiro atoms. The van der Waals surface area contributed by atoms with Crippen molar-refractivity contribution in [1.82, 2.24) is 5.48 Å². The van der Waals surface area contributed by atoms with Gasteiger partial charge in [0.1, 0.15) is 0 Å². The molecule has 0 saturated heterocycles. The Labute approximate surface area is 89.5 Å². The number of nitrogens with zero attached hydrogens (tertiary/aromatic N) is 1. The van der Waals surface area contributed by atoms with E-state index >= 15 is 0 Å². The molecule has 0 aliphatic rings. The van der Waals surface area contributed by atoms with Crippen molar-refractivity contribution in [2.75, 3.05) is 19.1 Å². The molecule has 1 N–H and O–H groups in total. The third kappa shape index (κ3) is 5.24. The summed E-state index contributed by atoms with van der Waals surface area (Å²) in [6.07, 6.45) is 1.39. The molecule has 0 aromatic rings. The lowest BCUT2D eigenvalue weighted by Crippen LogP contribution is -2.25. The van der Waals surface area contributed by atoms with Gasteiger partial charge < -0.3 is 4.84 Å². The number of amides is 1. The highest BCUT2D eigenvalue weighted by Crippen LogP contribution is 2.18. The van der Waals surface area contributed by atoms with Crippen LogP contribution in [0.25, 0.3) is 0 Å². The molecule has 5 heteroatoms. The zero-order chi connectivity index (χ0) is 11.2. The molecular weight excluding hydrogens is 200 g/mol. The molecule has 0 unspecified atom stereocenters. The third-order valence-electron chi connectivity index (χ3n) is 1.56. The maximum atomic E-state index is 11.1. The summed E-state index contributed by atoms with van der Waals surface area (Å²) in [6, 6.07) is 0. The summed E-state index contributed by atoms with van der Waals surface area (Å²) in [5.74, 6) is 0.738. The first-order chi connectivity index (χ1) is 6.41. The Morgan fingerprint density at radius 3 is 2.43 bits per heavy atom. The second-order valence-corrected chi connectivity index (χ2v) is 4.68. The van der Waals surface area contributed by atoms with Gasteiger partial charge in [0.05, 0.1) is 0 Å². The molecule has 0 heterocycles. The minimum atomic E-state index is -0.591. The van der Waals surface area contributed by atoms with Gasteiger partial charge in [-0.15, -0.1) is 0 Å². The van der Waals surface area contributed by atoms with Crippen molar-refractivity contribution in [3.63, 3.8) is 0 Å². The van der Waals surface area contributed by atoms with Crippen LogP contribution in [0, 0.1) is 5.41 Å². The zero-order valence-corrected chi connectivity index (χ0v) is 10.2. The van der Waals surface area contributed by atoms with Crippen molar-refractivity contribution >= 4 is 23.6 Å². The molecule has 0 atom stereocenters. The van der Waals surface area contributed by atoms with Gasteiger partial charge in [-0.05, 0) is 6.26 Å². The predicted octanol–water partition coefficient (Wildman–Crippen LogP) is 2.11. The Bertz CT molecular complexity index is 221. The second kappa shape index (κ2) is 6.03. The maximum absolute atomic E-state index is 11.1. The first kappa shape index (κ1) is 13.4. The van der Waals surface area contributed by atoms with Crippen molar-refractivity contribution in [2.24, 2.45) is 10.4 Å². The fourth-order valence-corrected chi connectivity index (χ4v) is 1.54. The second-order valence-electron chi connectivity index (χ2n) is 3.81. The lowest BCUT2D eigenvalue weighted by Gasteiger charge is -2.20. The van der Waals surface area contributed by atoms with Crippen LogP contribution >= 0.6 is 11.8 Å². The number of aliphatic imine (C=N–C) groups is 1. The van der Waals surface area contributed by atoms with Gasteiger partial charge >= 0.3 is 6.09 Å². The van der Waals surface area contributed by atoms with Crippen LogP contribution in [0.15, 0.2) is 4.99 Å². The lowest BCUT2D eigenvalue weighted by molar-refractivity contribution is 0.112. The normalized spacial score (nSPS) is 12.8. The Morgan fingerprint density at radius 2 is 2.07 bits per heavy atom. The number of nitrogens with one attached hydrogen (secondary N) is 1.